The van der Waals surface area contributed by atoms with Gasteiger partial charge in [-0.1, -0.05) is 54.1 Å². The van der Waals surface area contributed by atoms with Crippen LogP contribution in [0.25, 0.3) is 0 Å². The minimum atomic E-state index is -0.300. The summed E-state index contributed by atoms with van der Waals surface area (Å²) in [5.74, 6) is 1.82. The molecule has 0 aromatic heterocycles. The first kappa shape index (κ1) is 26.8. The number of benzene rings is 4. The summed E-state index contributed by atoms with van der Waals surface area (Å²) in [5.41, 5.74) is 4.26. The Morgan fingerprint density at radius 3 is 2.21 bits per heavy atom. The number of hydrogen-bond donors (Lipinski definition) is 0. The van der Waals surface area contributed by atoms with Crippen molar-refractivity contribution in [3.8, 4) is 11.5 Å². The average Bonchev–Trinajstić information content (AvgIpc) is 3.41. The van der Waals surface area contributed by atoms with Gasteiger partial charge in [0.1, 0.15) is 11.5 Å². The fourth-order valence-corrected chi connectivity index (χ4v) is 5.19. The van der Waals surface area contributed by atoms with Gasteiger partial charge in [-0.25, -0.2) is 4.79 Å². The lowest BCUT2D eigenvalue weighted by Gasteiger charge is -2.28. The van der Waals surface area contributed by atoms with Crippen molar-refractivity contribution in [2.45, 2.75) is 19.5 Å². The van der Waals surface area contributed by atoms with Gasteiger partial charge in [-0.15, -0.1) is 0 Å². The van der Waals surface area contributed by atoms with E-state index in [1.54, 1.807) is 0 Å². The highest BCUT2D eigenvalue weighted by Crippen LogP contribution is 2.28. The van der Waals surface area contributed by atoms with Crippen molar-refractivity contribution in [2.24, 2.45) is 5.92 Å². The fraction of sp³-hybridized carbons (Fsp3) is 0.242. The molecule has 0 bridgehead atoms. The number of esters is 1. The first-order valence-corrected chi connectivity index (χ1v) is 13.7. The molecule has 1 saturated heterocycles. The number of rotatable bonds is 10. The number of carbonyl (C=O) groups excluding carboxylic acids is 1. The number of halogens is 1. The van der Waals surface area contributed by atoms with Gasteiger partial charge in [-0.2, -0.15) is 0 Å². The minimum Gasteiger partial charge on any atom is -0.465 e. The minimum absolute atomic E-state index is 0.300. The topological polar surface area (TPSA) is 42.0 Å². The highest BCUT2D eigenvalue weighted by molar-refractivity contribution is 6.30. The molecule has 0 saturated carbocycles. The van der Waals surface area contributed by atoms with Crippen molar-refractivity contribution in [1.82, 2.24) is 4.90 Å². The second-order valence-electron chi connectivity index (χ2n) is 9.99. The van der Waals surface area contributed by atoms with Crippen LogP contribution in [0.15, 0.2) is 103 Å². The summed E-state index contributed by atoms with van der Waals surface area (Å²) in [7, 11) is 1.41. The molecular formula is C33H33ClN2O3. The van der Waals surface area contributed by atoms with Crippen LogP contribution in [-0.4, -0.2) is 37.6 Å². The molecule has 1 aliphatic rings. The van der Waals surface area contributed by atoms with E-state index in [-0.39, 0.29) is 5.97 Å². The zero-order valence-corrected chi connectivity index (χ0v) is 22.9. The van der Waals surface area contributed by atoms with Crippen LogP contribution in [0.2, 0.25) is 5.02 Å². The lowest BCUT2D eigenvalue weighted by atomic mass is 10.1. The molecule has 1 atom stereocenters. The maximum Gasteiger partial charge on any atom is 0.337 e. The Hall–Kier alpha value is -3.80. The highest BCUT2D eigenvalue weighted by Gasteiger charge is 2.25. The molecule has 1 fully saturated rings. The Labute approximate surface area is 235 Å². The third-order valence-electron chi connectivity index (χ3n) is 7.10. The summed E-state index contributed by atoms with van der Waals surface area (Å²) in [4.78, 5) is 16.7. The highest BCUT2D eigenvalue weighted by atomic mass is 35.5. The Morgan fingerprint density at radius 1 is 0.872 bits per heavy atom. The normalized spacial score (nSPS) is 15.2. The van der Waals surface area contributed by atoms with Gasteiger partial charge >= 0.3 is 5.97 Å². The summed E-state index contributed by atoms with van der Waals surface area (Å²) < 4.78 is 10.8. The Morgan fingerprint density at radius 2 is 1.54 bits per heavy atom. The van der Waals surface area contributed by atoms with Gasteiger partial charge in [-0.05, 0) is 90.7 Å². The number of anilines is 1. The van der Waals surface area contributed by atoms with Gasteiger partial charge in [0.15, 0.2) is 0 Å². The van der Waals surface area contributed by atoms with E-state index >= 15 is 0 Å². The largest absolute Gasteiger partial charge is 0.465 e. The van der Waals surface area contributed by atoms with Gasteiger partial charge in [-0.3, -0.25) is 4.90 Å². The second-order valence-corrected chi connectivity index (χ2v) is 10.4. The zero-order chi connectivity index (χ0) is 27.0. The smallest absolute Gasteiger partial charge is 0.337 e. The number of carbonyl (C=O) groups is 1. The van der Waals surface area contributed by atoms with E-state index in [0.717, 1.165) is 50.6 Å². The van der Waals surface area contributed by atoms with Gasteiger partial charge in [0.2, 0.25) is 0 Å². The van der Waals surface area contributed by atoms with Crippen LogP contribution in [0.3, 0.4) is 0 Å². The first-order chi connectivity index (χ1) is 19.1. The lowest BCUT2D eigenvalue weighted by Crippen LogP contribution is -2.31. The van der Waals surface area contributed by atoms with E-state index in [9.17, 15) is 4.79 Å². The number of ether oxygens (including phenoxy) is 2. The molecule has 200 valence electrons. The predicted molar refractivity (Wildman–Crippen MR) is 157 cm³/mol. The maximum atomic E-state index is 11.7. The van der Waals surface area contributed by atoms with E-state index in [2.05, 4.69) is 52.3 Å². The molecule has 0 N–H and O–H groups in total. The first-order valence-electron chi connectivity index (χ1n) is 13.3. The number of likely N-dealkylation sites (tertiary alicyclic amines) is 1. The van der Waals surface area contributed by atoms with E-state index in [1.165, 1.54) is 23.9 Å². The molecule has 1 aliphatic heterocycles. The van der Waals surface area contributed by atoms with Crippen molar-refractivity contribution in [1.29, 1.82) is 0 Å². The van der Waals surface area contributed by atoms with Crippen molar-refractivity contribution < 1.29 is 14.3 Å². The molecule has 0 amide bonds. The second kappa shape index (κ2) is 12.8. The van der Waals surface area contributed by atoms with Gasteiger partial charge in [0, 0.05) is 36.9 Å². The fourth-order valence-electron chi connectivity index (χ4n) is 5.07. The van der Waals surface area contributed by atoms with Crippen molar-refractivity contribution in [2.75, 3.05) is 31.6 Å². The number of nitrogens with zero attached hydrogens (tertiary/aromatic N) is 2. The van der Waals surface area contributed by atoms with E-state index in [0.29, 0.717) is 16.5 Å². The summed E-state index contributed by atoms with van der Waals surface area (Å²) in [6.45, 7) is 4.82. The van der Waals surface area contributed by atoms with Crippen LogP contribution in [-0.2, 0) is 17.8 Å². The van der Waals surface area contributed by atoms with Gasteiger partial charge in [0.05, 0.1) is 12.7 Å². The summed E-state index contributed by atoms with van der Waals surface area (Å²) >= 11 is 6.00. The molecule has 0 spiro atoms. The number of hydrogen-bond acceptors (Lipinski definition) is 5. The molecule has 6 heteroatoms. The molecule has 39 heavy (non-hydrogen) atoms. The molecular weight excluding hydrogens is 508 g/mol. The van der Waals surface area contributed by atoms with Gasteiger partial charge < -0.3 is 14.4 Å². The summed E-state index contributed by atoms with van der Waals surface area (Å²) in [6, 6.07) is 34.1. The average molecular weight is 541 g/mol. The quantitative estimate of drug-likeness (QED) is 0.195. The molecule has 0 radical (unpaired) electrons. The maximum absolute atomic E-state index is 11.7. The van der Waals surface area contributed by atoms with Crippen LogP contribution in [0.5, 0.6) is 11.5 Å². The molecule has 4 aromatic carbocycles. The van der Waals surface area contributed by atoms with Crippen molar-refractivity contribution in [3.05, 3.63) is 125 Å². The predicted octanol–water partition coefficient (Wildman–Crippen LogP) is 7.45. The lowest BCUT2D eigenvalue weighted by molar-refractivity contribution is 0.0600. The van der Waals surface area contributed by atoms with Crippen LogP contribution >= 0.6 is 11.6 Å². The van der Waals surface area contributed by atoms with E-state index in [4.69, 9.17) is 21.1 Å². The Balaban J connectivity index is 1.23. The summed E-state index contributed by atoms with van der Waals surface area (Å²) in [5, 5.41) is 0.691. The Kier molecular flexibility index (Phi) is 8.82. The third kappa shape index (κ3) is 7.41. The summed E-state index contributed by atoms with van der Waals surface area (Å²) in [6.07, 6.45) is 1.16. The monoisotopic (exact) mass is 540 g/mol. The molecule has 1 unspecified atom stereocenters. The molecule has 0 aliphatic carbocycles. The molecule has 5 rings (SSSR count). The van der Waals surface area contributed by atoms with Crippen LogP contribution in [0.4, 0.5) is 5.69 Å². The Bertz CT molecular complexity index is 1340. The standard InChI is InChI=1S/C33H33ClN2O3/c1-38-33(37)28-9-7-26(8-10-28)21-35-20-19-27(22-35)24-36(23-25-5-3-2-4-6-25)30-13-17-32(18-14-30)39-31-15-11-29(34)12-16-31/h2-18,27H,19-24H2,1H3. The van der Waals surface area contributed by atoms with Crippen molar-refractivity contribution in [3.63, 3.8) is 0 Å². The van der Waals surface area contributed by atoms with Crippen LogP contribution < -0.4 is 9.64 Å². The molecule has 1 heterocycles. The third-order valence-corrected chi connectivity index (χ3v) is 7.35. The van der Waals surface area contributed by atoms with E-state index < -0.39 is 0 Å². The molecule has 5 nitrogen and oxygen atoms in total. The molecule has 4 aromatic rings. The van der Waals surface area contributed by atoms with Crippen molar-refractivity contribution >= 4 is 23.3 Å². The van der Waals surface area contributed by atoms with Gasteiger partial charge in [0.25, 0.3) is 0 Å². The SMILES string of the molecule is COC(=O)c1ccc(CN2CCC(CN(Cc3ccccc3)c3ccc(Oc4ccc(Cl)cc4)cc3)C2)cc1. The zero-order valence-electron chi connectivity index (χ0n) is 22.1. The van der Waals surface area contributed by atoms with E-state index in [1.807, 2.05) is 60.7 Å². The van der Waals surface area contributed by atoms with Crippen LogP contribution in [0.1, 0.15) is 27.9 Å². The number of methoxy groups -OCH3 is 1. The van der Waals surface area contributed by atoms with Crippen LogP contribution in [0, 0.1) is 5.92 Å².